The fourth-order valence-corrected chi connectivity index (χ4v) is 3.23. The number of allylic oxidation sites excluding steroid dienone is 1. The molecule has 0 aromatic heterocycles. The van der Waals surface area contributed by atoms with Gasteiger partial charge in [0.1, 0.15) is 11.5 Å². The Hall–Kier alpha value is -2.89. The molecule has 0 unspecified atom stereocenters. The van der Waals surface area contributed by atoms with Crippen LogP contribution in [0, 0.1) is 0 Å². The van der Waals surface area contributed by atoms with Crippen molar-refractivity contribution >= 4 is 45.2 Å². The van der Waals surface area contributed by atoms with E-state index in [1.807, 2.05) is 0 Å². The van der Waals surface area contributed by atoms with Crippen LogP contribution in [0.4, 0.5) is 0 Å². The molecule has 0 amide bonds. The van der Waals surface area contributed by atoms with Crippen molar-refractivity contribution in [1.82, 2.24) is 0 Å². The van der Waals surface area contributed by atoms with Gasteiger partial charge in [0.25, 0.3) is 0 Å². The maximum Gasteiger partial charge on any atom is 0.231 e. The monoisotopic (exact) mass is 468 g/mol. The lowest BCUT2D eigenvalue weighted by Crippen LogP contribution is -2.11. The van der Waals surface area contributed by atoms with Gasteiger partial charge in [-0.15, -0.1) is 0 Å². The molecule has 3 aromatic carbocycles. The average Bonchev–Trinajstić information content (AvgIpc) is 3.03. The number of fused-ring (bicyclic) bond motifs is 1. The Morgan fingerprint density at radius 3 is 2.48 bits per heavy atom. The first-order valence-electron chi connectivity index (χ1n) is 8.75. The summed E-state index contributed by atoms with van der Waals surface area (Å²) in [6, 6.07) is 19.1. The van der Waals surface area contributed by atoms with E-state index in [0.717, 1.165) is 10.0 Å². The van der Waals surface area contributed by atoms with Crippen molar-refractivity contribution in [3.8, 4) is 11.5 Å². The van der Waals surface area contributed by atoms with Crippen molar-refractivity contribution in [3.63, 3.8) is 0 Å². The van der Waals surface area contributed by atoms with Gasteiger partial charge in [-0.25, -0.2) is 0 Å². The van der Waals surface area contributed by atoms with Crippen molar-refractivity contribution < 1.29 is 19.1 Å². The molecule has 0 saturated carbocycles. The summed E-state index contributed by atoms with van der Waals surface area (Å²) in [6.07, 6.45) is 1.66. The van der Waals surface area contributed by atoms with E-state index < -0.39 is 0 Å². The first kappa shape index (κ1) is 19.4. The zero-order chi connectivity index (χ0) is 20.4. The molecule has 144 valence electrons. The van der Waals surface area contributed by atoms with Crippen molar-refractivity contribution in [2.75, 3.05) is 6.61 Å². The average molecular weight is 470 g/mol. The normalized spacial score (nSPS) is 13.9. The van der Waals surface area contributed by atoms with E-state index in [0.29, 0.717) is 27.6 Å². The largest absolute Gasteiger partial charge is 0.485 e. The number of ketones is 2. The van der Waals surface area contributed by atoms with E-state index >= 15 is 0 Å². The minimum atomic E-state index is -0.201. The van der Waals surface area contributed by atoms with Crippen LogP contribution in [0.5, 0.6) is 11.5 Å². The van der Waals surface area contributed by atoms with Crippen LogP contribution >= 0.6 is 27.5 Å². The Morgan fingerprint density at radius 2 is 1.76 bits per heavy atom. The Labute approximate surface area is 180 Å². The molecule has 6 heteroatoms. The van der Waals surface area contributed by atoms with Gasteiger partial charge in [-0.3, -0.25) is 9.59 Å². The Balaban J connectivity index is 1.46. The lowest BCUT2D eigenvalue weighted by atomic mass is 10.1. The molecule has 3 aromatic rings. The molecule has 4 nitrogen and oxygen atoms in total. The molecule has 0 N–H and O–H groups in total. The first-order valence-corrected chi connectivity index (χ1v) is 9.92. The van der Waals surface area contributed by atoms with Gasteiger partial charge in [-0.05, 0) is 48.0 Å². The second-order valence-corrected chi connectivity index (χ2v) is 7.72. The predicted molar refractivity (Wildman–Crippen MR) is 115 cm³/mol. The minimum absolute atomic E-state index is 0.109. The molecule has 0 aliphatic carbocycles. The minimum Gasteiger partial charge on any atom is -0.485 e. The Morgan fingerprint density at radius 1 is 1.03 bits per heavy atom. The zero-order valence-electron chi connectivity index (χ0n) is 15.0. The molecule has 0 bridgehead atoms. The SMILES string of the molecule is O=C(COc1ccc2c(c1)O/C(=C\c1ccc(Cl)cc1)C2=O)c1ccc(Br)cc1. The third-order valence-corrected chi connectivity index (χ3v) is 5.13. The Bertz CT molecular complexity index is 1120. The summed E-state index contributed by atoms with van der Waals surface area (Å²) in [5, 5.41) is 0.619. The van der Waals surface area contributed by atoms with Crippen LogP contribution in [-0.2, 0) is 0 Å². The maximum atomic E-state index is 12.5. The highest BCUT2D eigenvalue weighted by atomic mass is 79.9. The number of carbonyl (C=O) groups is 2. The maximum absolute atomic E-state index is 12.5. The highest BCUT2D eigenvalue weighted by Crippen LogP contribution is 2.35. The molecule has 0 radical (unpaired) electrons. The third-order valence-electron chi connectivity index (χ3n) is 4.35. The van der Waals surface area contributed by atoms with E-state index in [4.69, 9.17) is 21.1 Å². The quantitative estimate of drug-likeness (QED) is 0.341. The molecule has 1 aliphatic rings. The highest BCUT2D eigenvalue weighted by molar-refractivity contribution is 9.10. The van der Waals surface area contributed by atoms with Crippen LogP contribution in [0.1, 0.15) is 26.3 Å². The number of halogens is 2. The summed E-state index contributed by atoms with van der Waals surface area (Å²) >= 11 is 9.22. The van der Waals surface area contributed by atoms with Crippen molar-refractivity contribution in [1.29, 1.82) is 0 Å². The van der Waals surface area contributed by atoms with Gasteiger partial charge in [-0.2, -0.15) is 0 Å². The molecule has 0 atom stereocenters. The van der Waals surface area contributed by atoms with E-state index in [1.54, 1.807) is 72.8 Å². The van der Waals surface area contributed by atoms with Crippen LogP contribution in [0.15, 0.2) is 77.0 Å². The first-order chi connectivity index (χ1) is 14.0. The molecule has 0 saturated heterocycles. The van der Waals surface area contributed by atoms with Gasteiger partial charge in [0.15, 0.2) is 18.1 Å². The van der Waals surface area contributed by atoms with Gasteiger partial charge in [0.2, 0.25) is 5.78 Å². The highest BCUT2D eigenvalue weighted by Gasteiger charge is 2.27. The number of carbonyl (C=O) groups excluding carboxylic acids is 2. The summed E-state index contributed by atoms with van der Waals surface area (Å²) in [7, 11) is 0. The molecule has 0 fully saturated rings. The van der Waals surface area contributed by atoms with Gasteiger partial charge in [-0.1, -0.05) is 51.8 Å². The van der Waals surface area contributed by atoms with Gasteiger partial charge in [0.05, 0.1) is 5.56 Å². The molecule has 1 aliphatic heterocycles. The second kappa shape index (κ2) is 8.23. The summed E-state index contributed by atoms with van der Waals surface area (Å²) in [4.78, 5) is 24.8. The van der Waals surface area contributed by atoms with Crippen LogP contribution < -0.4 is 9.47 Å². The van der Waals surface area contributed by atoms with Crippen LogP contribution in [0.25, 0.3) is 6.08 Å². The molecular weight excluding hydrogens is 456 g/mol. The number of Topliss-reactive ketones (excluding diaryl/α,β-unsaturated/α-hetero) is 2. The number of hydrogen-bond acceptors (Lipinski definition) is 4. The van der Waals surface area contributed by atoms with Crippen LogP contribution in [0.2, 0.25) is 5.02 Å². The van der Waals surface area contributed by atoms with E-state index in [2.05, 4.69) is 15.9 Å². The summed E-state index contributed by atoms with van der Waals surface area (Å²) in [6.45, 7) is -0.109. The van der Waals surface area contributed by atoms with Crippen LogP contribution in [0.3, 0.4) is 0 Å². The van der Waals surface area contributed by atoms with Gasteiger partial charge >= 0.3 is 0 Å². The lowest BCUT2D eigenvalue weighted by molar-refractivity contribution is 0.0921. The fourth-order valence-electron chi connectivity index (χ4n) is 2.84. The molecule has 1 heterocycles. The lowest BCUT2D eigenvalue weighted by Gasteiger charge is -2.07. The topological polar surface area (TPSA) is 52.6 Å². The van der Waals surface area contributed by atoms with Crippen molar-refractivity contribution in [3.05, 3.63) is 98.7 Å². The van der Waals surface area contributed by atoms with Crippen LogP contribution in [-0.4, -0.2) is 18.2 Å². The number of ether oxygens (including phenoxy) is 2. The summed E-state index contributed by atoms with van der Waals surface area (Å²) in [5.41, 5.74) is 1.83. The fraction of sp³-hybridized carbons (Fsp3) is 0.0435. The summed E-state index contributed by atoms with van der Waals surface area (Å²) in [5.74, 6) is 0.745. The van der Waals surface area contributed by atoms with E-state index in [-0.39, 0.29) is 23.9 Å². The van der Waals surface area contributed by atoms with Gasteiger partial charge < -0.3 is 9.47 Å². The van der Waals surface area contributed by atoms with Crippen molar-refractivity contribution in [2.24, 2.45) is 0 Å². The summed E-state index contributed by atoms with van der Waals surface area (Å²) < 4.78 is 12.2. The number of benzene rings is 3. The number of hydrogen-bond donors (Lipinski definition) is 0. The van der Waals surface area contributed by atoms with Gasteiger partial charge in [0, 0.05) is 21.1 Å². The molecule has 4 rings (SSSR count). The molecule has 29 heavy (non-hydrogen) atoms. The standard InChI is InChI=1S/C23H14BrClO4/c24-16-5-3-15(4-6-16)20(26)13-28-18-9-10-19-21(12-18)29-22(23(19)27)11-14-1-7-17(25)8-2-14/h1-12H,13H2/b22-11-. The Kier molecular flexibility index (Phi) is 5.51. The third kappa shape index (κ3) is 4.42. The predicted octanol–water partition coefficient (Wildman–Crippen LogP) is 5.98. The van der Waals surface area contributed by atoms with Crippen molar-refractivity contribution in [2.45, 2.75) is 0 Å². The second-order valence-electron chi connectivity index (χ2n) is 6.37. The zero-order valence-corrected chi connectivity index (χ0v) is 17.4. The molecule has 0 spiro atoms. The molecular formula is C23H14BrClO4. The number of rotatable bonds is 5. The van der Waals surface area contributed by atoms with E-state index in [1.165, 1.54) is 0 Å². The smallest absolute Gasteiger partial charge is 0.231 e. The van der Waals surface area contributed by atoms with E-state index in [9.17, 15) is 9.59 Å².